The van der Waals surface area contributed by atoms with Gasteiger partial charge in [-0.3, -0.25) is 9.36 Å². The van der Waals surface area contributed by atoms with E-state index in [4.69, 9.17) is 0 Å². The summed E-state index contributed by atoms with van der Waals surface area (Å²) in [6.45, 7) is 1.49. The third-order valence-corrected chi connectivity index (χ3v) is 8.26. The van der Waals surface area contributed by atoms with Gasteiger partial charge in [-0.15, -0.1) is 0 Å². The van der Waals surface area contributed by atoms with E-state index in [9.17, 15) is 41.1 Å². The monoisotopic (exact) mass is 544 g/mol. The van der Waals surface area contributed by atoms with Gasteiger partial charge in [0, 0.05) is 25.6 Å². The van der Waals surface area contributed by atoms with Gasteiger partial charge in [-0.05, 0) is 49.8 Å². The van der Waals surface area contributed by atoms with E-state index >= 15 is 0 Å². The number of aryl methyl sites for hydroxylation is 2. The second kappa shape index (κ2) is 10.8. The summed E-state index contributed by atoms with van der Waals surface area (Å²) in [5.41, 5.74) is -1.86. The number of amides is 1. The fourth-order valence-electron chi connectivity index (χ4n) is 4.46. The van der Waals surface area contributed by atoms with E-state index in [-0.39, 0.29) is 67.1 Å². The zero-order chi connectivity index (χ0) is 27.6. The highest BCUT2D eigenvalue weighted by Gasteiger charge is 2.37. The highest BCUT2D eigenvalue weighted by Crippen LogP contribution is 2.31. The Labute approximate surface area is 212 Å². The van der Waals surface area contributed by atoms with E-state index in [0.29, 0.717) is 0 Å². The molecule has 1 aromatic heterocycles. The number of halogens is 4. The van der Waals surface area contributed by atoms with Crippen molar-refractivity contribution in [1.29, 1.82) is 5.26 Å². The number of aliphatic hydroxyl groups is 1. The highest BCUT2D eigenvalue weighted by atomic mass is 32.2. The molecule has 3 rings (SSSR count). The maximum atomic E-state index is 14.9. The maximum absolute atomic E-state index is 14.9. The Hall–Kier alpha value is -2.98. The molecule has 0 atom stereocenters. The standard InChI is InChI=1S/C24H28F4N4O4S/c1-3-20-31-21(22(33)30-14-23(34)9-7-16(8-10-23)37(2,35)36)19(13-29)32(20)18-5-4-15(12-17(18)25)6-11-24(26,27)28/h4-5,12,16,34H,3,6-11,14H2,1-2H3,(H,30,33)/t16-,23+. The number of alkyl halides is 3. The molecule has 2 aromatic rings. The van der Waals surface area contributed by atoms with Crippen LogP contribution in [-0.2, 0) is 22.7 Å². The molecule has 0 bridgehead atoms. The number of carbonyl (C=O) groups excluding carboxylic acids is 1. The Morgan fingerprint density at radius 2 is 1.97 bits per heavy atom. The molecular weight excluding hydrogens is 516 g/mol. The van der Waals surface area contributed by atoms with Gasteiger partial charge in [0.1, 0.15) is 27.5 Å². The molecule has 8 nitrogen and oxygen atoms in total. The predicted octanol–water partition coefficient (Wildman–Crippen LogP) is 3.39. The number of rotatable bonds is 8. The van der Waals surface area contributed by atoms with Crippen molar-refractivity contribution in [3.8, 4) is 11.8 Å². The van der Waals surface area contributed by atoms with Crippen LogP contribution >= 0.6 is 0 Å². The Morgan fingerprint density at radius 1 is 1.32 bits per heavy atom. The van der Waals surface area contributed by atoms with Crippen LogP contribution in [-0.4, -0.2) is 58.8 Å². The van der Waals surface area contributed by atoms with Crippen LogP contribution in [0.2, 0.25) is 0 Å². The van der Waals surface area contributed by atoms with Crippen molar-refractivity contribution >= 4 is 15.7 Å². The number of nitrogens with one attached hydrogen (secondary N) is 1. The topological polar surface area (TPSA) is 125 Å². The molecule has 0 aliphatic heterocycles. The van der Waals surface area contributed by atoms with Crippen molar-refractivity contribution < 1.29 is 35.9 Å². The van der Waals surface area contributed by atoms with Crippen LogP contribution in [0, 0.1) is 17.1 Å². The third kappa shape index (κ3) is 6.87. The molecule has 13 heteroatoms. The number of hydrogen-bond acceptors (Lipinski definition) is 6. The van der Waals surface area contributed by atoms with Gasteiger partial charge in [0.15, 0.2) is 11.4 Å². The molecule has 0 saturated heterocycles. The van der Waals surface area contributed by atoms with Crippen molar-refractivity contribution in [2.45, 2.75) is 68.9 Å². The number of nitriles is 1. The highest BCUT2D eigenvalue weighted by molar-refractivity contribution is 7.91. The van der Waals surface area contributed by atoms with Gasteiger partial charge >= 0.3 is 6.18 Å². The van der Waals surface area contributed by atoms with Crippen LogP contribution in [0.15, 0.2) is 18.2 Å². The van der Waals surface area contributed by atoms with Gasteiger partial charge in [0.05, 0.1) is 16.5 Å². The maximum Gasteiger partial charge on any atom is 0.389 e. The number of nitrogens with zero attached hydrogens (tertiary/aromatic N) is 3. The fraction of sp³-hybridized carbons (Fsp3) is 0.542. The zero-order valence-corrected chi connectivity index (χ0v) is 21.2. The van der Waals surface area contributed by atoms with Crippen LogP contribution < -0.4 is 5.32 Å². The summed E-state index contributed by atoms with van der Waals surface area (Å²) < 4.78 is 77.1. The molecular formula is C24H28F4N4O4S. The summed E-state index contributed by atoms with van der Waals surface area (Å²) in [5, 5.41) is 22.6. The average Bonchev–Trinajstić information content (AvgIpc) is 3.19. The number of sulfone groups is 1. The molecule has 37 heavy (non-hydrogen) atoms. The zero-order valence-electron chi connectivity index (χ0n) is 20.4. The summed E-state index contributed by atoms with van der Waals surface area (Å²) in [6.07, 6.45) is -3.70. The van der Waals surface area contributed by atoms with E-state index in [2.05, 4.69) is 10.3 Å². The van der Waals surface area contributed by atoms with Gasteiger partial charge < -0.3 is 10.4 Å². The molecule has 1 aliphatic carbocycles. The number of hydrogen-bond donors (Lipinski definition) is 2. The summed E-state index contributed by atoms with van der Waals surface area (Å²) in [5.74, 6) is -1.45. The first-order chi connectivity index (χ1) is 17.2. The third-order valence-electron chi connectivity index (χ3n) is 6.58. The van der Waals surface area contributed by atoms with Crippen molar-refractivity contribution in [2.24, 2.45) is 0 Å². The second-order valence-electron chi connectivity index (χ2n) is 9.36. The van der Waals surface area contributed by atoms with Crippen molar-refractivity contribution in [1.82, 2.24) is 14.9 Å². The van der Waals surface area contributed by atoms with E-state index in [1.165, 1.54) is 12.1 Å². The molecule has 2 N–H and O–H groups in total. The second-order valence-corrected chi connectivity index (χ2v) is 11.7. The minimum atomic E-state index is -4.38. The SMILES string of the molecule is CCc1nc(C(=O)NC[C@]2(O)CC[C@@H](S(C)(=O)=O)CC2)c(C#N)n1-c1ccc(CCC(F)(F)F)cc1F. The quantitative estimate of drug-likeness (QED) is 0.491. The minimum absolute atomic E-state index is 0.131. The smallest absolute Gasteiger partial charge is 0.388 e. The van der Waals surface area contributed by atoms with Crippen molar-refractivity contribution in [3.05, 3.63) is 46.8 Å². The summed E-state index contributed by atoms with van der Waals surface area (Å²) >= 11 is 0. The Morgan fingerprint density at radius 3 is 2.49 bits per heavy atom. The molecule has 1 saturated carbocycles. The molecule has 1 aromatic carbocycles. The number of carbonyl (C=O) groups is 1. The lowest BCUT2D eigenvalue weighted by molar-refractivity contribution is -0.134. The van der Waals surface area contributed by atoms with Crippen LogP contribution in [0.5, 0.6) is 0 Å². The normalized spacial score (nSPS) is 20.4. The summed E-state index contributed by atoms with van der Waals surface area (Å²) in [7, 11) is -3.23. The first-order valence-corrected chi connectivity index (χ1v) is 13.7. The molecule has 1 fully saturated rings. The molecule has 1 aliphatic rings. The first kappa shape index (κ1) is 28.6. The van der Waals surface area contributed by atoms with Gasteiger partial charge in [0.2, 0.25) is 0 Å². The molecule has 202 valence electrons. The summed E-state index contributed by atoms with van der Waals surface area (Å²) in [4.78, 5) is 17.1. The van der Waals surface area contributed by atoms with Crippen molar-refractivity contribution in [3.63, 3.8) is 0 Å². The van der Waals surface area contributed by atoms with E-state index in [1.54, 1.807) is 6.92 Å². The number of aromatic nitrogens is 2. The molecule has 1 amide bonds. The Balaban J connectivity index is 1.81. The largest absolute Gasteiger partial charge is 0.389 e. The van der Waals surface area contributed by atoms with Gasteiger partial charge in [-0.25, -0.2) is 17.8 Å². The molecule has 1 heterocycles. The lowest BCUT2D eigenvalue weighted by atomic mass is 9.84. The van der Waals surface area contributed by atoms with Crippen LogP contribution in [0.3, 0.4) is 0 Å². The van der Waals surface area contributed by atoms with Crippen LogP contribution in [0.25, 0.3) is 5.69 Å². The van der Waals surface area contributed by atoms with Gasteiger partial charge in [0.25, 0.3) is 5.91 Å². The Kier molecular flexibility index (Phi) is 8.34. The van der Waals surface area contributed by atoms with Crippen LogP contribution in [0.4, 0.5) is 17.6 Å². The van der Waals surface area contributed by atoms with Crippen LogP contribution in [0.1, 0.15) is 66.6 Å². The average molecular weight is 545 g/mol. The lowest BCUT2D eigenvalue weighted by Gasteiger charge is -2.35. The Bertz CT molecular complexity index is 1310. The predicted molar refractivity (Wildman–Crippen MR) is 126 cm³/mol. The minimum Gasteiger partial charge on any atom is -0.388 e. The van der Waals surface area contributed by atoms with Crippen molar-refractivity contribution in [2.75, 3.05) is 12.8 Å². The fourth-order valence-corrected chi connectivity index (χ4v) is 5.55. The number of imidazole rings is 1. The molecule has 0 spiro atoms. The molecule has 0 unspecified atom stereocenters. The summed E-state index contributed by atoms with van der Waals surface area (Å²) in [6, 6.07) is 5.38. The first-order valence-electron chi connectivity index (χ1n) is 11.7. The van der Waals surface area contributed by atoms with E-state index in [1.807, 2.05) is 6.07 Å². The van der Waals surface area contributed by atoms with E-state index < -0.39 is 51.4 Å². The lowest BCUT2D eigenvalue weighted by Crippen LogP contribution is -2.47. The van der Waals surface area contributed by atoms with Gasteiger partial charge in [-0.2, -0.15) is 18.4 Å². The van der Waals surface area contributed by atoms with Gasteiger partial charge in [-0.1, -0.05) is 13.0 Å². The number of benzene rings is 1. The molecule has 0 radical (unpaired) electrons. The van der Waals surface area contributed by atoms with E-state index in [0.717, 1.165) is 16.9 Å².